The third-order valence-electron chi connectivity index (χ3n) is 1.62. The van der Waals surface area contributed by atoms with Gasteiger partial charge in [-0.15, -0.1) is 12.8 Å². The normalized spacial score (nSPS) is 7.93. The van der Waals surface area contributed by atoms with Crippen LogP contribution in [-0.4, -0.2) is 0 Å². The van der Waals surface area contributed by atoms with Crippen LogP contribution in [-0.2, 0) is 6.42 Å². The Labute approximate surface area is 88.5 Å². The molecule has 0 radical (unpaired) electrons. The molecule has 0 atom stereocenters. The second-order valence-electron chi connectivity index (χ2n) is 2.71. The average molecular weight is 194 g/mol. The van der Waals surface area contributed by atoms with Gasteiger partial charge in [0.15, 0.2) is 0 Å². The predicted octanol–water partition coefficient (Wildman–Crippen LogP) is 4.12. The topological polar surface area (TPSA) is 13.1 Å². The lowest BCUT2D eigenvalue weighted by molar-refractivity contribution is 0.478. The largest absolute Gasteiger partial charge is 0.466 e. The van der Waals surface area contributed by atoms with Gasteiger partial charge in [-0.3, -0.25) is 0 Å². The van der Waals surface area contributed by atoms with Crippen LogP contribution in [0.15, 0.2) is 10.5 Å². The van der Waals surface area contributed by atoms with Crippen LogP contribution in [0, 0.1) is 26.7 Å². The van der Waals surface area contributed by atoms with Crippen molar-refractivity contribution in [3.8, 4) is 12.8 Å². The molecule has 0 N–H and O–H groups in total. The van der Waals surface area contributed by atoms with Crippen molar-refractivity contribution in [2.45, 2.75) is 47.5 Å². The number of terminal acetylenes is 1. The van der Waals surface area contributed by atoms with E-state index in [-0.39, 0.29) is 0 Å². The number of rotatable bonds is 2. The molecule has 0 aliphatic carbocycles. The predicted molar refractivity (Wildman–Crippen MR) is 63.4 cm³/mol. The summed E-state index contributed by atoms with van der Waals surface area (Å²) in [6, 6.07) is 2.09. The van der Waals surface area contributed by atoms with Crippen LogP contribution in [0.1, 0.15) is 44.3 Å². The van der Waals surface area contributed by atoms with Crippen molar-refractivity contribution in [2.75, 3.05) is 0 Å². The van der Waals surface area contributed by atoms with Crippen LogP contribution in [0.2, 0.25) is 0 Å². The molecule has 1 rings (SSSR count). The zero-order chi connectivity index (χ0) is 11.6. The molecule has 0 aromatic carbocycles. The number of hydrogen-bond acceptors (Lipinski definition) is 1. The number of furan rings is 1. The van der Waals surface area contributed by atoms with Crippen LogP contribution in [0.25, 0.3) is 0 Å². The smallest absolute Gasteiger partial charge is 0.107 e. The Morgan fingerprint density at radius 2 is 1.71 bits per heavy atom. The quantitative estimate of drug-likeness (QED) is 0.645. The first-order valence-electron chi connectivity index (χ1n) is 5.13. The Morgan fingerprint density at radius 3 is 2.00 bits per heavy atom. The lowest BCUT2D eigenvalue weighted by atomic mass is 10.2. The standard InChI is InChI=1S/C9H14O.C2H6.C2H2/c1-4-5-9-7(2)6-8(3)10-9;2*1-2/h6H,4-5H2,1-3H3;1-2H3;1-2H. The molecule has 80 valence electrons. The van der Waals surface area contributed by atoms with Gasteiger partial charge >= 0.3 is 0 Å². The van der Waals surface area contributed by atoms with Crippen LogP contribution < -0.4 is 0 Å². The molecular weight excluding hydrogens is 172 g/mol. The first kappa shape index (κ1) is 15.3. The van der Waals surface area contributed by atoms with Gasteiger partial charge in [0.05, 0.1) is 0 Å². The van der Waals surface area contributed by atoms with E-state index in [2.05, 4.69) is 32.8 Å². The van der Waals surface area contributed by atoms with E-state index in [0.717, 1.165) is 24.4 Å². The van der Waals surface area contributed by atoms with Gasteiger partial charge in [-0.1, -0.05) is 20.8 Å². The highest BCUT2D eigenvalue weighted by molar-refractivity contribution is 5.19. The highest BCUT2D eigenvalue weighted by Gasteiger charge is 2.01. The van der Waals surface area contributed by atoms with Gasteiger partial charge in [0.2, 0.25) is 0 Å². The monoisotopic (exact) mass is 194 g/mol. The third-order valence-corrected chi connectivity index (χ3v) is 1.62. The lowest BCUT2D eigenvalue weighted by Crippen LogP contribution is -1.80. The lowest BCUT2D eigenvalue weighted by Gasteiger charge is -1.92. The maximum absolute atomic E-state index is 5.45. The van der Waals surface area contributed by atoms with E-state index in [9.17, 15) is 0 Å². The van der Waals surface area contributed by atoms with Crippen molar-refractivity contribution < 1.29 is 4.42 Å². The van der Waals surface area contributed by atoms with E-state index in [1.165, 1.54) is 5.56 Å². The van der Waals surface area contributed by atoms with Crippen LogP contribution >= 0.6 is 0 Å². The molecule has 14 heavy (non-hydrogen) atoms. The van der Waals surface area contributed by atoms with Crippen molar-refractivity contribution in [3.05, 3.63) is 23.2 Å². The molecule has 1 heteroatoms. The van der Waals surface area contributed by atoms with Gasteiger partial charge in [-0.2, -0.15) is 0 Å². The molecule has 0 saturated carbocycles. The molecular formula is C13H22O. The zero-order valence-electron chi connectivity index (χ0n) is 10.1. The molecule has 0 aliphatic heterocycles. The molecule has 1 aromatic rings. The molecule has 1 heterocycles. The molecule has 0 amide bonds. The minimum atomic E-state index is 1.03. The minimum Gasteiger partial charge on any atom is -0.466 e. The summed E-state index contributed by atoms with van der Waals surface area (Å²) in [5.74, 6) is 2.18. The minimum absolute atomic E-state index is 1.03. The highest BCUT2D eigenvalue weighted by atomic mass is 16.3. The average Bonchev–Trinajstić information content (AvgIpc) is 2.53. The number of aryl methyl sites for hydroxylation is 3. The van der Waals surface area contributed by atoms with Crippen molar-refractivity contribution in [1.29, 1.82) is 0 Å². The summed E-state index contributed by atoms with van der Waals surface area (Å²) >= 11 is 0. The zero-order valence-corrected chi connectivity index (χ0v) is 10.1. The van der Waals surface area contributed by atoms with E-state index >= 15 is 0 Å². The SMILES string of the molecule is C#C.CC.CCCc1oc(C)cc1C. The van der Waals surface area contributed by atoms with Crippen LogP contribution in [0.5, 0.6) is 0 Å². The van der Waals surface area contributed by atoms with Gasteiger partial charge in [0, 0.05) is 6.42 Å². The Hall–Kier alpha value is -1.16. The Kier molecular flexibility index (Phi) is 10.9. The van der Waals surface area contributed by atoms with E-state index in [1.807, 2.05) is 20.8 Å². The first-order chi connectivity index (χ1) is 6.74. The van der Waals surface area contributed by atoms with E-state index in [4.69, 9.17) is 4.42 Å². The molecule has 0 bridgehead atoms. The van der Waals surface area contributed by atoms with E-state index < -0.39 is 0 Å². The first-order valence-corrected chi connectivity index (χ1v) is 5.13. The fourth-order valence-electron chi connectivity index (χ4n) is 1.16. The van der Waals surface area contributed by atoms with Crippen LogP contribution in [0.3, 0.4) is 0 Å². The van der Waals surface area contributed by atoms with Crippen molar-refractivity contribution in [3.63, 3.8) is 0 Å². The van der Waals surface area contributed by atoms with E-state index in [1.54, 1.807) is 0 Å². The molecule has 1 aromatic heterocycles. The summed E-state index contributed by atoms with van der Waals surface area (Å²) in [4.78, 5) is 0. The molecule has 0 fully saturated rings. The number of hydrogen-bond donors (Lipinski definition) is 0. The summed E-state index contributed by atoms with van der Waals surface area (Å²) < 4.78 is 5.45. The Balaban J connectivity index is 0. The summed E-state index contributed by atoms with van der Waals surface area (Å²) in [5.41, 5.74) is 1.29. The second-order valence-corrected chi connectivity index (χ2v) is 2.71. The molecule has 0 unspecified atom stereocenters. The third kappa shape index (κ3) is 5.48. The Bertz CT molecular complexity index is 243. The Morgan fingerprint density at radius 1 is 1.21 bits per heavy atom. The fraction of sp³-hybridized carbons (Fsp3) is 0.538. The van der Waals surface area contributed by atoms with Gasteiger partial charge in [-0.25, -0.2) is 0 Å². The van der Waals surface area contributed by atoms with Crippen LogP contribution in [0.4, 0.5) is 0 Å². The maximum atomic E-state index is 5.45. The maximum Gasteiger partial charge on any atom is 0.107 e. The van der Waals surface area contributed by atoms with Crippen molar-refractivity contribution in [2.24, 2.45) is 0 Å². The summed E-state index contributed by atoms with van der Waals surface area (Å²) in [6.07, 6.45) is 10.2. The van der Waals surface area contributed by atoms with E-state index in [0.29, 0.717) is 0 Å². The summed E-state index contributed by atoms with van der Waals surface area (Å²) in [7, 11) is 0. The van der Waals surface area contributed by atoms with Gasteiger partial charge < -0.3 is 4.42 Å². The summed E-state index contributed by atoms with van der Waals surface area (Å²) in [6.45, 7) is 10.3. The molecule has 0 spiro atoms. The molecule has 1 nitrogen and oxygen atoms in total. The van der Waals surface area contributed by atoms with Crippen molar-refractivity contribution in [1.82, 2.24) is 0 Å². The molecule has 0 aliphatic rings. The summed E-state index contributed by atoms with van der Waals surface area (Å²) in [5, 5.41) is 0. The fourth-order valence-corrected chi connectivity index (χ4v) is 1.16. The van der Waals surface area contributed by atoms with Gasteiger partial charge in [0.1, 0.15) is 11.5 Å². The van der Waals surface area contributed by atoms with Gasteiger partial charge in [0.25, 0.3) is 0 Å². The molecule has 0 saturated heterocycles. The van der Waals surface area contributed by atoms with Gasteiger partial charge in [-0.05, 0) is 31.9 Å². The second kappa shape index (κ2) is 9.92. The van der Waals surface area contributed by atoms with Crippen molar-refractivity contribution >= 4 is 0 Å². The highest BCUT2D eigenvalue weighted by Crippen LogP contribution is 2.14.